The molecule has 0 saturated heterocycles. The van der Waals surface area contributed by atoms with E-state index in [9.17, 15) is 0 Å². The van der Waals surface area contributed by atoms with Crippen LogP contribution < -0.4 is 0 Å². The van der Waals surface area contributed by atoms with E-state index in [4.69, 9.17) is 5.10 Å². The molecule has 1 heterocycles. The Morgan fingerprint density at radius 1 is 1.06 bits per heavy atom. The molecule has 100 valence electrons. The first-order chi connectivity index (χ1) is 8.56. The molecule has 2 nitrogen and oxygen atoms in total. The Labute approximate surface area is 111 Å². The maximum atomic E-state index is 4.71. The molecule has 0 amide bonds. The largest absolute Gasteiger partial charge is 0.265 e. The lowest BCUT2D eigenvalue weighted by atomic mass is 10.0. The van der Waals surface area contributed by atoms with Gasteiger partial charge in [-0.15, -0.1) is 0 Å². The molecular formula is C16H26N2. The molecule has 1 aromatic heterocycles. The van der Waals surface area contributed by atoms with E-state index in [1.165, 1.54) is 16.8 Å². The second-order valence-electron chi connectivity index (χ2n) is 4.85. The minimum atomic E-state index is 0.887. The van der Waals surface area contributed by atoms with Crippen LogP contribution in [0.5, 0.6) is 0 Å². The first-order valence-corrected chi connectivity index (χ1v) is 7.00. The summed E-state index contributed by atoms with van der Waals surface area (Å²) in [6.45, 7) is 17.9. The van der Waals surface area contributed by atoms with Crippen LogP contribution in [0, 0.1) is 6.92 Å². The van der Waals surface area contributed by atoms with Gasteiger partial charge in [-0.3, -0.25) is 4.68 Å². The van der Waals surface area contributed by atoms with Gasteiger partial charge >= 0.3 is 0 Å². The van der Waals surface area contributed by atoms with Gasteiger partial charge in [-0.2, -0.15) is 5.10 Å². The van der Waals surface area contributed by atoms with E-state index in [0.717, 1.165) is 43.5 Å². The third-order valence-electron chi connectivity index (χ3n) is 3.26. The summed E-state index contributed by atoms with van der Waals surface area (Å²) in [6, 6.07) is 0. The van der Waals surface area contributed by atoms with E-state index >= 15 is 0 Å². The third-order valence-corrected chi connectivity index (χ3v) is 3.26. The molecule has 0 N–H and O–H groups in total. The van der Waals surface area contributed by atoms with Crippen molar-refractivity contribution >= 4 is 11.1 Å². The number of allylic oxidation sites excluding steroid dienone is 2. The fourth-order valence-electron chi connectivity index (χ4n) is 2.40. The minimum Gasteiger partial charge on any atom is -0.265 e. The lowest BCUT2D eigenvalue weighted by molar-refractivity contribution is 0.645. The molecule has 1 aromatic rings. The fourth-order valence-corrected chi connectivity index (χ4v) is 2.40. The molecule has 0 spiro atoms. The van der Waals surface area contributed by atoms with Gasteiger partial charge in [0.25, 0.3) is 0 Å². The van der Waals surface area contributed by atoms with E-state index in [1.54, 1.807) is 0 Å². The third kappa shape index (κ3) is 2.92. The molecule has 0 fully saturated rings. The van der Waals surface area contributed by atoms with Crippen LogP contribution in [0.25, 0.3) is 11.1 Å². The predicted molar refractivity (Wildman–Crippen MR) is 80.5 cm³/mol. The molecule has 1 rings (SSSR count). The summed E-state index contributed by atoms with van der Waals surface area (Å²) in [4.78, 5) is 0. The number of nitrogens with zero attached hydrogens (tertiary/aromatic N) is 2. The van der Waals surface area contributed by atoms with Crippen LogP contribution in [-0.2, 0) is 6.54 Å². The molecule has 0 aliphatic rings. The molecule has 0 bridgehead atoms. The number of hydrogen-bond acceptors (Lipinski definition) is 1. The molecule has 0 aromatic carbocycles. The lowest BCUT2D eigenvalue weighted by Gasteiger charge is -2.08. The maximum Gasteiger partial charge on any atom is 0.0912 e. The van der Waals surface area contributed by atoms with Gasteiger partial charge in [0, 0.05) is 12.1 Å². The zero-order chi connectivity index (χ0) is 13.7. The average Bonchev–Trinajstić information content (AvgIpc) is 2.67. The van der Waals surface area contributed by atoms with Crippen LogP contribution in [0.4, 0.5) is 0 Å². The highest BCUT2D eigenvalue weighted by molar-refractivity contribution is 5.71. The first kappa shape index (κ1) is 14.7. The van der Waals surface area contributed by atoms with E-state index in [2.05, 4.69) is 45.5 Å². The number of aryl methyl sites for hydroxylation is 1. The van der Waals surface area contributed by atoms with Gasteiger partial charge in [0.15, 0.2) is 0 Å². The summed E-state index contributed by atoms with van der Waals surface area (Å²) in [6.07, 6.45) is 4.29. The fraction of sp³-hybridized carbons (Fsp3) is 0.562. The van der Waals surface area contributed by atoms with Crippen molar-refractivity contribution in [1.29, 1.82) is 0 Å². The second-order valence-corrected chi connectivity index (χ2v) is 4.85. The van der Waals surface area contributed by atoms with Gasteiger partial charge < -0.3 is 0 Å². The Hall–Kier alpha value is -1.31. The van der Waals surface area contributed by atoms with E-state index in [1.807, 2.05) is 0 Å². The zero-order valence-electron chi connectivity index (χ0n) is 12.3. The summed E-state index contributed by atoms with van der Waals surface area (Å²) in [5.74, 6) is 0. The number of hydrogen-bond donors (Lipinski definition) is 0. The van der Waals surface area contributed by atoms with Gasteiger partial charge in [0.05, 0.1) is 11.4 Å². The number of aromatic nitrogens is 2. The molecular weight excluding hydrogens is 220 g/mol. The van der Waals surface area contributed by atoms with Crippen LogP contribution in [0.1, 0.15) is 63.4 Å². The Morgan fingerprint density at radius 2 is 1.61 bits per heavy atom. The quantitative estimate of drug-likeness (QED) is 0.673. The van der Waals surface area contributed by atoms with Crippen molar-refractivity contribution in [3.8, 4) is 0 Å². The van der Waals surface area contributed by atoms with Crippen molar-refractivity contribution in [3.05, 3.63) is 30.1 Å². The van der Waals surface area contributed by atoms with Crippen LogP contribution >= 0.6 is 0 Å². The van der Waals surface area contributed by atoms with Crippen molar-refractivity contribution in [2.75, 3.05) is 0 Å². The lowest BCUT2D eigenvalue weighted by Crippen LogP contribution is -2.02. The summed E-state index contributed by atoms with van der Waals surface area (Å²) < 4.78 is 2.07. The summed E-state index contributed by atoms with van der Waals surface area (Å²) in [5.41, 5.74) is 5.87. The summed E-state index contributed by atoms with van der Waals surface area (Å²) in [5, 5.41) is 4.71. The van der Waals surface area contributed by atoms with Crippen LogP contribution in [0.3, 0.4) is 0 Å². The Balaban J connectivity index is 3.18. The Bertz CT molecular complexity index is 438. The van der Waals surface area contributed by atoms with Crippen molar-refractivity contribution in [3.63, 3.8) is 0 Å². The number of rotatable bonds is 7. The highest BCUT2D eigenvalue weighted by atomic mass is 15.3. The van der Waals surface area contributed by atoms with Crippen molar-refractivity contribution < 1.29 is 0 Å². The van der Waals surface area contributed by atoms with Crippen LogP contribution in [0.15, 0.2) is 13.2 Å². The smallest absolute Gasteiger partial charge is 0.0912 e. The predicted octanol–water partition coefficient (Wildman–Crippen LogP) is 4.84. The summed E-state index contributed by atoms with van der Waals surface area (Å²) in [7, 11) is 0. The molecule has 0 saturated carbocycles. The molecule has 2 heteroatoms. The second kappa shape index (κ2) is 6.58. The van der Waals surface area contributed by atoms with Crippen molar-refractivity contribution in [2.24, 2.45) is 0 Å². The monoisotopic (exact) mass is 246 g/mol. The summed E-state index contributed by atoms with van der Waals surface area (Å²) >= 11 is 0. The SMILES string of the molecule is C=C(CCC)c1nn(CC)c(C(=C)CCC)c1C. The maximum absolute atomic E-state index is 4.71. The van der Waals surface area contributed by atoms with Crippen LogP contribution in [-0.4, -0.2) is 9.78 Å². The van der Waals surface area contributed by atoms with E-state index < -0.39 is 0 Å². The van der Waals surface area contributed by atoms with E-state index in [-0.39, 0.29) is 0 Å². The molecule has 18 heavy (non-hydrogen) atoms. The Morgan fingerprint density at radius 3 is 2.11 bits per heavy atom. The highest BCUT2D eigenvalue weighted by Gasteiger charge is 2.16. The Kier molecular flexibility index (Phi) is 5.39. The van der Waals surface area contributed by atoms with Gasteiger partial charge in [0.1, 0.15) is 0 Å². The molecule has 0 unspecified atom stereocenters. The topological polar surface area (TPSA) is 17.8 Å². The van der Waals surface area contributed by atoms with E-state index in [0.29, 0.717) is 0 Å². The van der Waals surface area contributed by atoms with Crippen molar-refractivity contribution in [1.82, 2.24) is 9.78 Å². The van der Waals surface area contributed by atoms with Crippen LogP contribution in [0.2, 0.25) is 0 Å². The average molecular weight is 246 g/mol. The normalized spacial score (nSPS) is 10.7. The van der Waals surface area contributed by atoms with Gasteiger partial charge in [0.2, 0.25) is 0 Å². The standard InChI is InChI=1S/C16H26N2/c1-7-10-12(4)15-14(6)16(13(5)11-8-2)18(9-3)17-15/h4-5,7-11H2,1-3,6H3. The molecule has 0 aliphatic carbocycles. The first-order valence-electron chi connectivity index (χ1n) is 7.00. The van der Waals surface area contributed by atoms with Gasteiger partial charge in [-0.05, 0) is 37.8 Å². The minimum absolute atomic E-state index is 0.887. The van der Waals surface area contributed by atoms with Gasteiger partial charge in [-0.1, -0.05) is 39.8 Å². The highest BCUT2D eigenvalue weighted by Crippen LogP contribution is 2.28. The van der Waals surface area contributed by atoms with Gasteiger partial charge in [-0.25, -0.2) is 0 Å². The molecule has 0 atom stereocenters. The molecule has 0 radical (unpaired) electrons. The van der Waals surface area contributed by atoms with Crippen molar-refractivity contribution in [2.45, 2.75) is 59.9 Å². The molecule has 0 aliphatic heterocycles. The zero-order valence-corrected chi connectivity index (χ0v) is 12.3.